The van der Waals surface area contributed by atoms with Crippen molar-refractivity contribution >= 4 is 28.6 Å². The highest BCUT2D eigenvalue weighted by Crippen LogP contribution is 2.23. The number of nitrogens with zero attached hydrogens (tertiary/aromatic N) is 2. The Labute approximate surface area is 81.5 Å². The fourth-order valence-corrected chi connectivity index (χ4v) is 2.13. The summed E-state index contributed by atoms with van der Waals surface area (Å²) in [6, 6.07) is 0. The lowest BCUT2D eigenvalue weighted by Crippen LogP contribution is -1.94. The molecular formula is C7H4N2O2S2. The van der Waals surface area contributed by atoms with Crippen molar-refractivity contribution in [3.63, 3.8) is 0 Å². The first-order valence-corrected chi connectivity index (χ1v) is 5.12. The van der Waals surface area contributed by atoms with E-state index in [0.29, 0.717) is 5.69 Å². The van der Waals surface area contributed by atoms with Crippen molar-refractivity contribution in [2.24, 2.45) is 0 Å². The van der Waals surface area contributed by atoms with E-state index in [-0.39, 0.29) is 5.01 Å². The summed E-state index contributed by atoms with van der Waals surface area (Å²) in [5, 5.41) is 13.0. The molecule has 6 heteroatoms. The number of hydrogen-bond donors (Lipinski definition) is 1. The summed E-state index contributed by atoms with van der Waals surface area (Å²) in [5.74, 6) is -0.993. The molecule has 2 rings (SSSR count). The van der Waals surface area contributed by atoms with E-state index in [9.17, 15) is 4.79 Å². The van der Waals surface area contributed by atoms with Crippen molar-refractivity contribution in [3.8, 4) is 10.7 Å². The molecule has 1 N–H and O–H groups in total. The van der Waals surface area contributed by atoms with Gasteiger partial charge in [-0.3, -0.25) is 0 Å². The maximum absolute atomic E-state index is 10.5. The molecule has 2 heterocycles. The molecule has 0 saturated carbocycles. The van der Waals surface area contributed by atoms with Crippen LogP contribution >= 0.6 is 22.7 Å². The largest absolute Gasteiger partial charge is 0.476 e. The van der Waals surface area contributed by atoms with Gasteiger partial charge in [0.05, 0.1) is 0 Å². The second kappa shape index (κ2) is 3.23. The molecule has 2 aromatic heterocycles. The molecule has 0 unspecified atom stereocenters. The van der Waals surface area contributed by atoms with Gasteiger partial charge in [-0.2, -0.15) is 0 Å². The van der Waals surface area contributed by atoms with E-state index in [4.69, 9.17) is 5.11 Å². The Kier molecular flexibility index (Phi) is 2.07. The second-order valence-corrected chi connectivity index (χ2v) is 3.93. The standard InChI is InChI=1S/C7H4N2O2S2/c10-7(11)6-9-4(3-13-6)5-8-1-2-12-5/h1-3H,(H,10,11). The minimum Gasteiger partial charge on any atom is -0.476 e. The highest BCUT2D eigenvalue weighted by molar-refractivity contribution is 7.14. The minimum atomic E-state index is -0.993. The summed E-state index contributed by atoms with van der Waals surface area (Å²) >= 11 is 2.55. The van der Waals surface area contributed by atoms with Crippen LogP contribution in [0.1, 0.15) is 9.80 Å². The molecule has 13 heavy (non-hydrogen) atoms. The summed E-state index contributed by atoms with van der Waals surface area (Å²) in [4.78, 5) is 18.5. The van der Waals surface area contributed by atoms with Crippen molar-refractivity contribution in [1.29, 1.82) is 0 Å². The highest BCUT2D eigenvalue weighted by atomic mass is 32.1. The maximum Gasteiger partial charge on any atom is 0.365 e. The number of rotatable bonds is 2. The zero-order valence-corrected chi connectivity index (χ0v) is 7.93. The monoisotopic (exact) mass is 212 g/mol. The molecule has 2 aromatic rings. The smallest absolute Gasteiger partial charge is 0.365 e. The van der Waals surface area contributed by atoms with Crippen LogP contribution in [0, 0.1) is 0 Å². The number of carboxylic acid groups (broad SMARTS) is 1. The first-order chi connectivity index (χ1) is 6.27. The normalized spacial score (nSPS) is 10.2. The molecule has 0 amide bonds. The van der Waals surface area contributed by atoms with Gasteiger partial charge in [-0.05, 0) is 0 Å². The van der Waals surface area contributed by atoms with Gasteiger partial charge in [-0.15, -0.1) is 22.7 Å². The van der Waals surface area contributed by atoms with E-state index in [1.54, 1.807) is 11.6 Å². The Bertz CT molecular complexity index is 421. The second-order valence-electron chi connectivity index (χ2n) is 2.18. The fourth-order valence-electron chi connectivity index (χ4n) is 0.820. The number of aromatic nitrogens is 2. The topological polar surface area (TPSA) is 63.1 Å². The number of carboxylic acids is 1. The van der Waals surface area contributed by atoms with E-state index in [1.807, 2.05) is 5.38 Å². The van der Waals surface area contributed by atoms with E-state index in [2.05, 4.69) is 9.97 Å². The lowest BCUT2D eigenvalue weighted by molar-refractivity contribution is 0.0696. The van der Waals surface area contributed by atoms with E-state index in [0.717, 1.165) is 16.3 Å². The van der Waals surface area contributed by atoms with Crippen molar-refractivity contribution in [2.75, 3.05) is 0 Å². The van der Waals surface area contributed by atoms with Gasteiger partial charge in [-0.1, -0.05) is 0 Å². The van der Waals surface area contributed by atoms with Crippen LogP contribution in [0.25, 0.3) is 10.7 Å². The minimum absolute atomic E-state index is 0.102. The molecule has 0 fully saturated rings. The van der Waals surface area contributed by atoms with Crippen LogP contribution in [-0.4, -0.2) is 21.0 Å². The molecule has 0 radical (unpaired) electrons. The Morgan fingerprint density at radius 3 is 2.85 bits per heavy atom. The molecule has 4 nitrogen and oxygen atoms in total. The van der Waals surface area contributed by atoms with Crippen molar-refractivity contribution < 1.29 is 9.90 Å². The Morgan fingerprint density at radius 1 is 1.46 bits per heavy atom. The molecule has 0 atom stereocenters. The molecule has 66 valence electrons. The zero-order valence-electron chi connectivity index (χ0n) is 6.30. The fraction of sp³-hybridized carbons (Fsp3) is 0. The van der Waals surface area contributed by atoms with Crippen molar-refractivity contribution in [2.45, 2.75) is 0 Å². The van der Waals surface area contributed by atoms with Crippen LogP contribution in [0.15, 0.2) is 17.0 Å². The van der Waals surface area contributed by atoms with Gasteiger partial charge in [0, 0.05) is 17.0 Å². The van der Waals surface area contributed by atoms with Crippen LogP contribution in [0.5, 0.6) is 0 Å². The first kappa shape index (κ1) is 8.33. The number of carbonyl (C=O) groups is 1. The SMILES string of the molecule is O=C(O)c1nc(-c2nccs2)cs1. The number of aromatic carboxylic acids is 1. The Balaban J connectivity index is 2.39. The van der Waals surface area contributed by atoms with Gasteiger partial charge in [0.15, 0.2) is 0 Å². The summed E-state index contributed by atoms with van der Waals surface area (Å²) < 4.78 is 0. The predicted octanol–water partition coefficient (Wildman–Crippen LogP) is 1.96. The lowest BCUT2D eigenvalue weighted by atomic mass is 10.5. The first-order valence-electron chi connectivity index (χ1n) is 3.36. The Hall–Kier alpha value is -1.27. The number of thiazole rings is 2. The molecule has 0 bridgehead atoms. The van der Waals surface area contributed by atoms with Gasteiger partial charge in [-0.25, -0.2) is 14.8 Å². The van der Waals surface area contributed by atoms with Crippen molar-refractivity contribution in [3.05, 3.63) is 22.0 Å². The highest BCUT2D eigenvalue weighted by Gasteiger charge is 2.11. The van der Waals surface area contributed by atoms with Crippen LogP contribution in [0.3, 0.4) is 0 Å². The lowest BCUT2D eigenvalue weighted by Gasteiger charge is -1.84. The summed E-state index contributed by atoms with van der Waals surface area (Å²) in [5.41, 5.74) is 0.636. The van der Waals surface area contributed by atoms with Crippen LogP contribution in [0.2, 0.25) is 0 Å². The third-order valence-corrected chi connectivity index (χ3v) is 2.96. The van der Waals surface area contributed by atoms with Gasteiger partial charge < -0.3 is 5.11 Å². The molecule has 0 saturated heterocycles. The van der Waals surface area contributed by atoms with Gasteiger partial charge in [0.1, 0.15) is 10.7 Å². The van der Waals surface area contributed by atoms with E-state index < -0.39 is 5.97 Å². The average molecular weight is 212 g/mol. The van der Waals surface area contributed by atoms with E-state index >= 15 is 0 Å². The quantitative estimate of drug-likeness (QED) is 0.826. The maximum atomic E-state index is 10.5. The van der Waals surface area contributed by atoms with E-state index in [1.165, 1.54) is 11.3 Å². The van der Waals surface area contributed by atoms with Gasteiger partial charge in [0.25, 0.3) is 0 Å². The van der Waals surface area contributed by atoms with Gasteiger partial charge >= 0.3 is 5.97 Å². The van der Waals surface area contributed by atoms with Crippen LogP contribution in [0.4, 0.5) is 0 Å². The van der Waals surface area contributed by atoms with Gasteiger partial charge in [0.2, 0.25) is 5.01 Å². The summed E-state index contributed by atoms with van der Waals surface area (Å²) in [7, 11) is 0. The zero-order chi connectivity index (χ0) is 9.26. The van der Waals surface area contributed by atoms with Crippen LogP contribution in [-0.2, 0) is 0 Å². The summed E-state index contributed by atoms with van der Waals surface area (Å²) in [6.07, 6.45) is 1.67. The number of hydrogen-bond acceptors (Lipinski definition) is 5. The third-order valence-electron chi connectivity index (χ3n) is 1.34. The molecular weight excluding hydrogens is 208 g/mol. The molecule has 0 aromatic carbocycles. The molecule has 0 spiro atoms. The van der Waals surface area contributed by atoms with Crippen molar-refractivity contribution in [1.82, 2.24) is 9.97 Å². The average Bonchev–Trinajstić information content (AvgIpc) is 2.75. The molecule has 0 aliphatic heterocycles. The third kappa shape index (κ3) is 1.58. The molecule has 0 aliphatic rings. The Morgan fingerprint density at radius 2 is 2.31 bits per heavy atom. The predicted molar refractivity (Wildman–Crippen MR) is 50.2 cm³/mol. The van der Waals surface area contributed by atoms with Crippen LogP contribution < -0.4 is 0 Å². The summed E-state index contributed by atoms with van der Waals surface area (Å²) in [6.45, 7) is 0. The molecule has 0 aliphatic carbocycles.